The summed E-state index contributed by atoms with van der Waals surface area (Å²) < 4.78 is 17.4. The van der Waals surface area contributed by atoms with Crippen LogP contribution in [0, 0.1) is 6.92 Å². The van der Waals surface area contributed by atoms with E-state index in [1.807, 2.05) is 32.0 Å². The first-order valence-corrected chi connectivity index (χ1v) is 42.9. The Morgan fingerprint density at radius 3 is 0.783 bits per heavy atom. The van der Waals surface area contributed by atoms with E-state index in [1.54, 1.807) is 7.11 Å². The minimum atomic E-state index is 0.578. The van der Waals surface area contributed by atoms with Crippen LogP contribution in [-0.4, -0.2) is 20.3 Å². The van der Waals surface area contributed by atoms with Gasteiger partial charge in [-0.25, -0.2) is 0 Å². The van der Waals surface area contributed by atoms with E-state index in [-0.39, 0.29) is 0 Å². The van der Waals surface area contributed by atoms with E-state index in [0.717, 1.165) is 64.1 Å². The molecule has 594 valence electrons. The first kappa shape index (κ1) is 80.1. The summed E-state index contributed by atoms with van der Waals surface area (Å²) in [4.78, 5) is 7.06. The van der Waals surface area contributed by atoms with Gasteiger partial charge in [-0.15, -0.1) is 0 Å². The van der Waals surface area contributed by atoms with Crippen LogP contribution in [0.5, 0.6) is 17.2 Å². The normalized spacial score (nSPS) is 12.3. The van der Waals surface area contributed by atoms with Gasteiger partial charge in [0.15, 0.2) is 11.5 Å². The van der Waals surface area contributed by atoms with Gasteiger partial charge >= 0.3 is 0 Å². The number of benzene rings is 15. The summed E-state index contributed by atoms with van der Waals surface area (Å²) >= 11 is 0. The number of rotatable bonds is 23. The minimum absolute atomic E-state index is 0.578. The Morgan fingerprint density at radius 2 is 0.492 bits per heavy atom. The third kappa shape index (κ3) is 19.8. The van der Waals surface area contributed by atoms with Gasteiger partial charge < -0.3 is 28.9 Å². The standard InChI is InChI=1S/C40H39NO2.C37H33NO.C37H33N/c1-3-42-39-26-25-37(29-40(39)43-4-2)41(36-24-21-31-13-11-12-18-34(31)28-36)35-22-19-30(20-23-35)27-38(32-14-7-5-8-15-32)33-16-9-6-10-17-33;1-39-36-24-22-34(23-25-36)38(35-21-18-29-10-8-9-15-32(29)27-35)33-19-16-28(17-20-33)26-37(30-11-4-2-5-12-30)31-13-6-3-7-14-31;1-28-16-21-34(22-17-28)38(36-25-20-30-10-8-9-15-33(30)27-36)35-23-18-29(19-24-35)26-37(31-11-4-2-5-12-31)32-13-6-3-7-14-32/h5-10,14-17,19-29H,3-4,11-13,18H2,1-2H3;2-7,11-14,16-27H,8-10,15H2,1H3;2-7,11-14,16-27H,8-10,15H2,1H3. The Balaban J connectivity index is 0.000000134. The molecule has 3 aliphatic rings. The molecular weight excluding hydrogens is 1460 g/mol. The van der Waals surface area contributed by atoms with Gasteiger partial charge in [0.2, 0.25) is 0 Å². The molecule has 0 saturated heterocycles. The van der Waals surface area contributed by atoms with Crippen LogP contribution in [0.3, 0.4) is 0 Å². The highest BCUT2D eigenvalue weighted by Crippen LogP contribution is 2.44. The maximum atomic E-state index is 6.03. The summed E-state index contributed by atoms with van der Waals surface area (Å²) in [6, 6.07) is 135. The smallest absolute Gasteiger partial charge is 0.163 e. The maximum Gasteiger partial charge on any atom is 0.163 e. The third-order valence-electron chi connectivity index (χ3n) is 23.1. The topological polar surface area (TPSA) is 37.4 Å². The second kappa shape index (κ2) is 39.5. The molecule has 18 rings (SSSR count). The summed E-state index contributed by atoms with van der Waals surface area (Å²) in [5, 5.41) is 0. The van der Waals surface area contributed by atoms with Gasteiger partial charge in [0.1, 0.15) is 5.75 Å². The highest BCUT2D eigenvalue weighted by molar-refractivity contribution is 5.95. The number of anilines is 9. The number of methoxy groups -OCH3 is 1. The number of nitrogens with zero attached hydrogens (tertiary/aromatic N) is 3. The Hall–Kier alpha value is -13.7. The van der Waals surface area contributed by atoms with E-state index in [1.165, 1.54) is 187 Å². The van der Waals surface area contributed by atoms with Crippen LogP contribution in [0.2, 0.25) is 0 Å². The predicted molar refractivity (Wildman–Crippen MR) is 506 cm³/mol. The van der Waals surface area contributed by atoms with E-state index in [9.17, 15) is 0 Å². The molecule has 0 spiro atoms. The second-order valence-electron chi connectivity index (χ2n) is 31.2. The maximum absolute atomic E-state index is 6.03. The fourth-order valence-electron chi connectivity index (χ4n) is 16.9. The molecule has 0 unspecified atom stereocenters. The van der Waals surface area contributed by atoms with Crippen molar-refractivity contribution in [1.29, 1.82) is 0 Å². The van der Waals surface area contributed by atoms with Gasteiger partial charge in [0, 0.05) is 51.6 Å². The quantitative estimate of drug-likeness (QED) is 0.0594. The molecule has 0 heterocycles. The molecule has 0 radical (unpaired) electrons. The molecule has 15 aromatic rings. The third-order valence-corrected chi connectivity index (χ3v) is 23.1. The molecule has 6 heteroatoms. The largest absolute Gasteiger partial charge is 0.497 e. The molecule has 0 bridgehead atoms. The fourth-order valence-corrected chi connectivity index (χ4v) is 16.9. The molecule has 120 heavy (non-hydrogen) atoms. The van der Waals surface area contributed by atoms with E-state index in [4.69, 9.17) is 14.2 Å². The number of hydrogen-bond donors (Lipinski definition) is 0. The highest BCUT2D eigenvalue weighted by atomic mass is 16.5. The molecule has 0 amide bonds. The van der Waals surface area contributed by atoms with Crippen molar-refractivity contribution in [3.05, 3.63) is 465 Å². The summed E-state index contributed by atoms with van der Waals surface area (Å²) in [5.74, 6) is 2.40. The van der Waals surface area contributed by atoms with E-state index in [0.29, 0.717) is 13.2 Å². The zero-order valence-electron chi connectivity index (χ0n) is 69.5. The van der Waals surface area contributed by atoms with E-state index < -0.39 is 0 Å². The Kier molecular flexibility index (Phi) is 26.4. The van der Waals surface area contributed by atoms with Crippen LogP contribution in [0.1, 0.15) is 141 Å². The van der Waals surface area contributed by atoms with Gasteiger partial charge in [0.05, 0.1) is 26.0 Å². The van der Waals surface area contributed by atoms with Crippen molar-refractivity contribution in [2.24, 2.45) is 0 Å². The first-order valence-electron chi connectivity index (χ1n) is 42.9. The average Bonchev–Trinajstić information content (AvgIpc) is 0.791. The molecule has 0 N–H and O–H groups in total. The van der Waals surface area contributed by atoms with Crippen molar-refractivity contribution in [3.63, 3.8) is 0 Å². The number of fused-ring (bicyclic) bond motifs is 3. The zero-order valence-corrected chi connectivity index (χ0v) is 69.5. The number of aryl methyl sites for hydroxylation is 7. The van der Waals surface area contributed by atoms with Crippen LogP contribution in [-0.2, 0) is 38.5 Å². The Labute approximate surface area is 711 Å². The van der Waals surface area contributed by atoms with Crippen LogP contribution in [0.25, 0.3) is 34.9 Å². The summed E-state index contributed by atoms with van der Waals surface area (Å²) in [5.41, 5.74) is 34.9. The van der Waals surface area contributed by atoms with Gasteiger partial charge in [-0.05, 0) is 338 Å². The van der Waals surface area contributed by atoms with Gasteiger partial charge in [-0.2, -0.15) is 0 Å². The number of ether oxygens (including phenoxy) is 3. The van der Waals surface area contributed by atoms with Crippen molar-refractivity contribution >= 4 is 86.1 Å². The molecule has 0 fully saturated rings. The van der Waals surface area contributed by atoms with Gasteiger partial charge in [0.25, 0.3) is 0 Å². The lowest BCUT2D eigenvalue weighted by atomic mass is 9.91. The van der Waals surface area contributed by atoms with Gasteiger partial charge in [-0.1, -0.05) is 254 Å². The van der Waals surface area contributed by atoms with Crippen LogP contribution < -0.4 is 28.9 Å². The molecule has 0 aromatic heterocycles. The summed E-state index contributed by atoms with van der Waals surface area (Å²) in [6.45, 7) is 7.33. The molecule has 0 aliphatic heterocycles. The SMILES string of the molecule is CCOc1ccc(N(c2ccc(C=C(c3ccccc3)c3ccccc3)cc2)c2ccc3c(c2)CCCC3)cc1OCC.COc1ccc(N(c2ccc(C=C(c3ccccc3)c3ccccc3)cc2)c2ccc3c(c2)CCCC3)cc1.Cc1ccc(N(c2ccc(C=C(c3ccccc3)c3ccccc3)cc2)c2ccc3c(c2)CCCC3)cc1. The van der Waals surface area contributed by atoms with Crippen molar-refractivity contribution in [2.75, 3.05) is 35.0 Å². The average molecular weight is 1570 g/mol. The molecule has 3 aliphatic carbocycles. The monoisotopic (exact) mass is 1560 g/mol. The summed E-state index contributed by atoms with van der Waals surface area (Å²) in [6.07, 6.45) is 21.5. The second-order valence-corrected chi connectivity index (χ2v) is 31.2. The summed E-state index contributed by atoms with van der Waals surface area (Å²) in [7, 11) is 1.71. The molecule has 0 atom stereocenters. The highest BCUT2D eigenvalue weighted by Gasteiger charge is 2.23. The molecule has 15 aromatic carbocycles. The molecule has 0 saturated carbocycles. The van der Waals surface area contributed by atoms with Crippen molar-refractivity contribution in [2.45, 2.75) is 97.8 Å². The van der Waals surface area contributed by atoms with Crippen molar-refractivity contribution < 1.29 is 14.2 Å². The lowest BCUT2D eigenvalue weighted by molar-refractivity contribution is 0.288. The predicted octanol–water partition coefficient (Wildman–Crippen LogP) is 30.0. The van der Waals surface area contributed by atoms with E-state index >= 15 is 0 Å². The van der Waals surface area contributed by atoms with Crippen LogP contribution >= 0.6 is 0 Å². The van der Waals surface area contributed by atoms with Crippen LogP contribution in [0.15, 0.2) is 376 Å². The lowest BCUT2D eigenvalue weighted by Crippen LogP contribution is -2.12. The van der Waals surface area contributed by atoms with E-state index in [2.05, 4.69) is 398 Å². The minimum Gasteiger partial charge on any atom is -0.497 e. The Morgan fingerprint density at radius 1 is 0.250 bits per heavy atom. The fraction of sp³-hybridized carbons (Fsp3) is 0.158. The molecule has 6 nitrogen and oxygen atoms in total. The first-order chi connectivity index (χ1) is 59.3. The van der Waals surface area contributed by atoms with Crippen molar-refractivity contribution in [1.82, 2.24) is 0 Å². The Bertz CT molecular complexity index is 5810. The van der Waals surface area contributed by atoms with Gasteiger partial charge in [-0.3, -0.25) is 0 Å². The zero-order chi connectivity index (χ0) is 81.6. The van der Waals surface area contributed by atoms with Crippen molar-refractivity contribution in [3.8, 4) is 17.2 Å². The lowest BCUT2D eigenvalue weighted by Gasteiger charge is -2.28. The molecular formula is C114H105N3O3. The van der Waals surface area contributed by atoms with Crippen LogP contribution in [0.4, 0.5) is 51.2 Å². The number of hydrogen-bond acceptors (Lipinski definition) is 6.